The Morgan fingerprint density at radius 1 is 1.37 bits per heavy atom. The van der Waals surface area contributed by atoms with E-state index in [0.717, 1.165) is 19.4 Å². The van der Waals surface area contributed by atoms with E-state index in [1.807, 2.05) is 27.7 Å². The first kappa shape index (κ1) is 15.8. The molecule has 0 aliphatic carbocycles. The minimum atomic E-state index is -0.458. The predicted molar refractivity (Wildman–Crippen MR) is 73.8 cm³/mol. The quantitative estimate of drug-likeness (QED) is 0.855. The molecular weight excluding hydrogens is 244 g/mol. The van der Waals surface area contributed by atoms with Crippen LogP contribution in [0.5, 0.6) is 0 Å². The number of nitrogens with zero attached hydrogens (tertiary/aromatic N) is 1. The van der Waals surface area contributed by atoms with Crippen LogP contribution in [0.1, 0.15) is 47.0 Å². The number of likely N-dealkylation sites (tertiary alicyclic amines) is 1. The lowest BCUT2D eigenvalue weighted by Crippen LogP contribution is -2.45. The summed E-state index contributed by atoms with van der Waals surface area (Å²) in [5.41, 5.74) is -0.458. The third-order valence-electron chi connectivity index (χ3n) is 3.08. The second kappa shape index (κ2) is 6.78. The van der Waals surface area contributed by atoms with E-state index in [0.29, 0.717) is 25.4 Å². The molecule has 1 saturated heterocycles. The van der Waals surface area contributed by atoms with Gasteiger partial charge in [0, 0.05) is 26.1 Å². The summed E-state index contributed by atoms with van der Waals surface area (Å²) in [6.07, 6.45) is 2.26. The van der Waals surface area contributed by atoms with Crippen molar-refractivity contribution in [3.63, 3.8) is 0 Å². The van der Waals surface area contributed by atoms with Gasteiger partial charge >= 0.3 is 6.09 Å². The number of ether oxygens (including phenoxy) is 1. The Morgan fingerprint density at radius 3 is 2.63 bits per heavy atom. The molecule has 0 bridgehead atoms. The van der Waals surface area contributed by atoms with Gasteiger partial charge in [-0.25, -0.2) is 4.79 Å². The van der Waals surface area contributed by atoms with E-state index >= 15 is 0 Å². The third kappa shape index (κ3) is 5.94. The molecule has 1 N–H and O–H groups in total. The van der Waals surface area contributed by atoms with Crippen LogP contribution in [0.2, 0.25) is 0 Å². The third-order valence-corrected chi connectivity index (χ3v) is 3.08. The average molecular weight is 270 g/mol. The number of carbonyl (C=O) groups is 2. The fourth-order valence-corrected chi connectivity index (χ4v) is 2.11. The molecular formula is C14H26N2O3. The molecule has 0 aromatic carbocycles. The Balaban J connectivity index is 2.41. The van der Waals surface area contributed by atoms with Crippen LogP contribution in [0.25, 0.3) is 0 Å². The number of rotatable bonds is 3. The molecule has 5 nitrogen and oxygen atoms in total. The molecule has 1 unspecified atom stereocenters. The number of nitrogens with one attached hydrogen (secondary N) is 1. The van der Waals surface area contributed by atoms with E-state index in [4.69, 9.17) is 4.74 Å². The van der Waals surface area contributed by atoms with Gasteiger partial charge < -0.3 is 15.0 Å². The topological polar surface area (TPSA) is 58.6 Å². The highest BCUT2D eigenvalue weighted by molar-refractivity contribution is 5.75. The first-order chi connectivity index (χ1) is 8.81. The van der Waals surface area contributed by atoms with Crippen LogP contribution in [-0.2, 0) is 9.53 Å². The van der Waals surface area contributed by atoms with Crippen molar-refractivity contribution >= 4 is 12.0 Å². The van der Waals surface area contributed by atoms with Gasteiger partial charge in [0.1, 0.15) is 5.60 Å². The molecule has 1 rings (SSSR count). The van der Waals surface area contributed by atoms with Gasteiger partial charge in [0.05, 0.1) is 0 Å². The van der Waals surface area contributed by atoms with E-state index in [1.165, 1.54) is 0 Å². The fourth-order valence-electron chi connectivity index (χ4n) is 2.11. The number of carbonyl (C=O) groups excluding carboxylic acids is 2. The number of piperidine rings is 1. The van der Waals surface area contributed by atoms with Crippen LogP contribution in [0.4, 0.5) is 4.79 Å². The molecule has 0 radical (unpaired) electrons. The standard InChI is InChI=1S/C14H26N2O3/c1-5-12(17)15-9-11-7-6-8-16(10-11)13(18)19-14(2,3)4/h11H,5-10H2,1-4H3,(H,15,17). The summed E-state index contributed by atoms with van der Waals surface area (Å²) in [4.78, 5) is 25.0. The monoisotopic (exact) mass is 270 g/mol. The maximum atomic E-state index is 12.0. The maximum Gasteiger partial charge on any atom is 0.410 e. The highest BCUT2D eigenvalue weighted by atomic mass is 16.6. The van der Waals surface area contributed by atoms with Crippen LogP contribution < -0.4 is 5.32 Å². The summed E-state index contributed by atoms with van der Waals surface area (Å²) < 4.78 is 5.37. The predicted octanol–water partition coefficient (Wildman–Crippen LogP) is 2.16. The Kier molecular flexibility index (Phi) is 5.63. The van der Waals surface area contributed by atoms with Crippen LogP contribution in [-0.4, -0.2) is 42.1 Å². The van der Waals surface area contributed by atoms with Crippen molar-refractivity contribution in [1.82, 2.24) is 10.2 Å². The molecule has 0 spiro atoms. The molecule has 2 amide bonds. The van der Waals surface area contributed by atoms with Crippen molar-refractivity contribution < 1.29 is 14.3 Å². The average Bonchev–Trinajstić information content (AvgIpc) is 2.34. The van der Waals surface area contributed by atoms with Crippen LogP contribution in [0, 0.1) is 5.92 Å². The van der Waals surface area contributed by atoms with Crippen LogP contribution in [0.15, 0.2) is 0 Å². The van der Waals surface area contributed by atoms with Crippen molar-refractivity contribution in [3.8, 4) is 0 Å². The molecule has 5 heteroatoms. The lowest BCUT2D eigenvalue weighted by atomic mass is 9.98. The van der Waals surface area contributed by atoms with E-state index in [2.05, 4.69) is 5.32 Å². The molecule has 19 heavy (non-hydrogen) atoms. The van der Waals surface area contributed by atoms with E-state index in [-0.39, 0.29) is 12.0 Å². The summed E-state index contributed by atoms with van der Waals surface area (Å²) >= 11 is 0. The Labute approximate surface area is 115 Å². The van der Waals surface area contributed by atoms with Gasteiger partial charge in [-0.2, -0.15) is 0 Å². The summed E-state index contributed by atoms with van der Waals surface area (Å²) in [6.45, 7) is 9.50. The summed E-state index contributed by atoms with van der Waals surface area (Å²) in [5.74, 6) is 0.395. The zero-order valence-corrected chi connectivity index (χ0v) is 12.5. The smallest absolute Gasteiger partial charge is 0.410 e. The minimum Gasteiger partial charge on any atom is -0.444 e. The van der Waals surface area contributed by atoms with E-state index in [1.54, 1.807) is 4.90 Å². The summed E-state index contributed by atoms with van der Waals surface area (Å²) in [7, 11) is 0. The molecule has 1 atom stereocenters. The van der Waals surface area contributed by atoms with Crippen LogP contribution >= 0.6 is 0 Å². The van der Waals surface area contributed by atoms with Gasteiger partial charge in [-0.05, 0) is 39.5 Å². The first-order valence-corrected chi connectivity index (χ1v) is 7.06. The molecule has 1 aliphatic rings. The van der Waals surface area contributed by atoms with Crippen LogP contribution in [0.3, 0.4) is 0 Å². The molecule has 110 valence electrons. The largest absolute Gasteiger partial charge is 0.444 e. The van der Waals surface area contributed by atoms with E-state index < -0.39 is 5.60 Å². The summed E-state index contributed by atoms with van der Waals surface area (Å²) in [6, 6.07) is 0. The Bertz CT molecular complexity index is 323. The number of hydrogen-bond donors (Lipinski definition) is 1. The van der Waals surface area contributed by atoms with Gasteiger partial charge in [-0.3, -0.25) is 4.79 Å². The minimum absolute atomic E-state index is 0.0643. The van der Waals surface area contributed by atoms with Gasteiger partial charge in [-0.15, -0.1) is 0 Å². The lowest BCUT2D eigenvalue weighted by Gasteiger charge is -2.34. The lowest BCUT2D eigenvalue weighted by molar-refractivity contribution is -0.121. The van der Waals surface area contributed by atoms with Crippen molar-refractivity contribution in [2.75, 3.05) is 19.6 Å². The van der Waals surface area contributed by atoms with E-state index in [9.17, 15) is 9.59 Å². The highest BCUT2D eigenvalue weighted by Gasteiger charge is 2.27. The second-order valence-electron chi connectivity index (χ2n) is 6.09. The van der Waals surface area contributed by atoms with Crippen molar-refractivity contribution in [3.05, 3.63) is 0 Å². The molecule has 0 aromatic rings. The van der Waals surface area contributed by atoms with Gasteiger partial charge in [0.25, 0.3) is 0 Å². The van der Waals surface area contributed by atoms with Gasteiger partial charge in [-0.1, -0.05) is 6.92 Å². The van der Waals surface area contributed by atoms with Crippen molar-refractivity contribution in [2.45, 2.75) is 52.6 Å². The molecule has 1 aliphatic heterocycles. The molecule has 1 fully saturated rings. The molecule has 0 aromatic heterocycles. The zero-order chi connectivity index (χ0) is 14.5. The molecule has 1 heterocycles. The number of amides is 2. The Morgan fingerprint density at radius 2 is 2.05 bits per heavy atom. The fraction of sp³-hybridized carbons (Fsp3) is 0.857. The first-order valence-electron chi connectivity index (χ1n) is 7.06. The maximum absolute atomic E-state index is 12.0. The summed E-state index contributed by atoms with van der Waals surface area (Å²) in [5, 5.41) is 2.89. The molecule has 0 saturated carbocycles. The zero-order valence-electron chi connectivity index (χ0n) is 12.5. The van der Waals surface area contributed by atoms with Crippen molar-refractivity contribution in [1.29, 1.82) is 0 Å². The second-order valence-corrected chi connectivity index (χ2v) is 6.09. The van der Waals surface area contributed by atoms with Crippen molar-refractivity contribution in [2.24, 2.45) is 5.92 Å². The SMILES string of the molecule is CCC(=O)NCC1CCCN(C(=O)OC(C)(C)C)C1. The normalized spacial score (nSPS) is 20.0. The highest BCUT2D eigenvalue weighted by Crippen LogP contribution is 2.18. The number of hydrogen-bond acceptors (Lipinski definition) is 3. The van der Waals surface area contributed by atoms with Gasteiger partial charge in [0.15, 0.2) is 0 Å². The van der Waals surface area contributed by atoms with Gasteiger partial charge in [0.2, 0.25) is 5.91 Å². The Hall–Kier alpha value is -1.26.